The highest BCUT2D eigenvalue weighted by Crippen LogP contribution is 1.99. The molecule has 0 aliphatic rings. The molecule has 0 radical (unpaired) electrons. The molecule has 0 N–H and O–H groups in total. The third-order valence-corrected chi connectivity index (χ3v) is 1.15. The number of hydrogen-bond acceptors (Lipinski definition) is 1. The maximum Gasteiger partial charge on any atom is 0.283 e. The molecule has 12 heavy (non-hydrogen) atoms. The lowest BCUT2D eigenvalue weighted by atomic mass is 10.4. The van der Waals surface area contributed by atoms with Crippen molar-refractivity contribution in [1.29, 1.82) is 0 Å². The van der Waals surface area contributed by atoms with Crippen LogP contribution in [-0.2, 0) is 4.79 Å². The van der Waals surface area contributed by atoms with Crippen molar-refractivity contribution in [1.82, 2.24) is 4.90 Å². The first-order valence-corrected chi connectivity index (χ1v) is 3.31. The Bertz CT molecular complexity index is 239. The fourth-order valence-corrected chi connectivity index (χ4v) is 0.657. The second-order valence-electron chi connectivity index (χ2n) is 2.08. The van der Waals surface area contributed by atoms with Crippen LogP contribution in [0, 0.1) is 12.3 Å². The van der Waals surface area contributed by atoms with Gasteiger partial charge in [0, 0.05) is 6.54 Å². The lowest BCUT2D eigenvalue weighted by molar-refractivity contribution is -0.127. The van der Waals surface area contributed by atoms with Crippen LogP contribution in [0.1, 0.15) is 0 Å². The number of terminal acetylenes is 1. The van der Waals surface area contributed by atoms with Crippen molar-refractivity contribution in [2.45, 2.75) is 0 Å². The third-order valence-electron chi connectivity index (χ3n) is 1.15. The molecule has 0 spiro atoms. The van der Waals surface area contributed by atoms with Gasteiger partial charge in [-0.3, -0.25) is 4.79 Å². The minimum absolute atomic E-state index is 0.0633. The Morgan fingerprint density at radius 1 is 1.75 bits per heavy atom. The van der Waals surface area contributed by atoms with Gasteiger partial charge in [0.15, 0.2) is 5.83 Å². The van der Waals surface area contributed by atoms with Crippen LogP contribution in [0.4, 0.5) is 4.39 Å². The number of nitrogens with zero attached hydrogens (tertiary/aromatic N) is 1. The summed E-state index contributed by atoms with van der Waals surface area (Å²) in [5, 5.41) is 0. The fraction of sp³-hybridized carbons (Fsp3) is 0.222. The monoisotopic (exact) mass is 167 g/mol. The molecule has 0 rings (SSSR count). The zero-order valence-corrected chi connectivity index (χ0v) is 6.72. The van der Waals surface area contributed by atoms with Crippen LogP contribution in [0.15, 0.2) is 25.1 Å². The first-order valence-electron chi connectivity index (χ1n) is 3.31. The molecule has 0 aromatic rings. The van der Waals surface area contributed by atoms with E-state index >= 15 is 0 Å². The van der Waals surface area contributed by atoms with Crippen LogP contribution in [0.25, 0.3) is 0 Å². The van der Waals surface area contributed by atoms with Gasteiger partial charge < -0.3 is 4.90 Å². The van der Waals surface area contributed by atoms with E-state index in [-0.39, 0.29) is 13.1 Å². The molecular formula is C9H10FNO. The molecule has 0 aromatic carbocycles. The Kier molecular flexibility index (Phi) is 4.47. The maximum atomic E-state index is 12.3. The second kappa shape index (κ2) is 5.14. The van der Waals surface area contributed by atoms with Gasteiger partial charge in [0.05, 0.1) is 6.54 Å². The number of hydrogen-bond donors (Lipinski definition) is 0. The molecular weight excluding hydrogens is 157 g/mol. The average Bonchev–Trinajstić information content (AvgIpc) is 2.03. The molecule has 0 bridgehead atoms. The van der Waals surface area contributed by atoms with Crippen LogP contribution >= 0.6 is 0 Å². The first-order chi connectivity index (χ1) is 5.63. The van der Waals surface area contributed by atoms with Gasteiger partial charge in [0.1, 0.15) is 0 Å². The van der Waals surface area contributed by atoms with Crippen molar-refractivity contribution in [2.75, 3.05) is 13.1 Å². The van der Waals surface area contributed by atoms with Crippen molar-refractivity contribution < 1.29 is 9.18 Å². The predicted molar refractivity (Wildman–Crippen MR) is 45.9 cm³/mol. The van der Waals surface area contributed by atoms with Gasteiger partial charge in [0.2, 0.25) is 0 Å². The SMILES string of the molecule is C#CCN(CC=C)C(=O)C(=C)F. The van der Waals surface area contributed by atoms with Gasteiger partial charge in [-0.25, -0.2) is 4.39 Å². The van der Waals surface area contributed by atoms with E-state index in [2.05, 4.69) is 19.1 Å². The smallest absolute Gasteiger partial charge is 0.283 e. The quantitative estimate of drug-likeness (QED) is 0.349. The number of carbonyl (C=O) groups is 1. The Labute approximate surface area is 71.4 Å². The molecule has 0 saturated carbocycles. The zero-order valence-electron chi connectivity index (χ0n) is 6.72. The number of carbonyl (C=O) groups excluding carboxylic acids is 1. The van der Waals surface area contributed by atoms with Gasteiger partial charge in [-0.15, -0.1) is 13.0 Å². The molecule has 0 fully saturated rings. The standard InChI is InChI=1S/C9H10FNO/c1-4-6-11(7-5-2)9(12)8(3)10/h1,5H,2-3,6-7H2. The Morgan fingerprint density at radius 3 is 2.67 bits per heavy atom. The summed E-state index contributed by atoms with van der Waals surface area (Å²) in [7, 11) is 0. The molecule has 64 valence electrons. The van der Waals surface area contributed by atoms with Gasteiger partial charge in [0.25, 0.3) is 5.91 Å². The minimum atomic E-state index is -1.01. The maximum absolute atomic E-state index is 12.3. The van der Waals surface area contributed by atoms with Crippen molar-refractivity contribution >= 4 is 5.91 Å². The van der Waals surface area contributed by atoms with E-state index in [0.29, 0.717) is 0 Å². The Morgan fingerprint density at radius 2 is 2.33 bits per heavy atom. The van der Waals surface area contributed by atoms with Crippen molar-refractivity contribution in [2.24, 2.45) is 0 Å². The molecule has 0 atom stereocenters. The van der Waals surface area contributed by atoms with E-state index in [1.165, 1.54) is 6.08 Å². The molecule has 0 unspecified atom stereocenters. The van der Waals surface area contributed by atoms with Crippen LogP contribution < -0.4 is 0 Å². The highest BCUT2D eigenvalue weighted by atomic mass is 19.1. The average molecular weight is 167 g/mol. The Hall–Kier alpha value is -1.56. The topological polar surface area (TPSA) is 20.3 Å². The van der Waals surface area contributed by atoms with E-state index < -0.39 is 11.7 Å². The first kappa shape index (κ1) is 10.4. The molecule has 3 heteroatoms. The summed E-state index contributed by atoms with van der Waals surface area (Å²) in [6.07, 6.45) is 6.44. The van der Waals surface area contributed by atoms with E-state index in [1.54, 1.807) is 0 Å². The van der Waals surface area contributed by atoms with Gasteiger partial charge in [-0.2, -0.15) is 0 Å². The molecule has 0 aromatic heterocycles. The summed E-state index contributed by atoms with van der Waals surface area (Å²) in [5.74, 6) is 0.446. The highest BCUT2D eigenvalue weighted by molar-refractivity contribution is 5.90. The lowest BCUT2D eigenvalue weighted by Crippen LogP contribution is -2.31. The summed E-state index contributed by atoms with van der Waals surface area (Å²) >= 11 is 0. The molecule has 0 heterocycles. The normalized spacial score (nSPS) is 8.33. The summed E-state index contributed by atoms with van der Waals surface area (Å²) < 4.78 is 12.3. The summed E-state index contributed by atoms with van der Waals surface area (Å²) in [6, 6.07) is 0. The molecule has 2 nitrogen and oxygen atoms in total. The summed E-state index contributed by atoms with van der Waals surface area (Å²) in [4.78, 5) is 12.1. The summed E-state index contributed by atoms with van der Waals surface area (Å²) in [5.41, 5.74) is 0. The van der Waals surface area contributed by atoms with Crippen molar-refractivity contribution in [3.63, 3.8) is 0 Å². The molecule has 0 aliphatic heterocycles. The van der Waals surface area contributed by atoms with Gasteiger partial charge in [-0.1, -0.05) is 18.6 Å². The van der Waals surface area contributed by atoms with Gasteiger partial charge in [-0.05, 0) is 0 Å². The zero-order chi connectivity index (χ0) is 9.56. The van der Waals surface area contributed by atoms with E-state index in [0.717, 1.165) is 4.90 Å². The van der Waals surface area contributed by atoms with E-state index in [4.69, 9.17) is 6.42 Å². The van der Waals surface area contributed by atoms with Crippen LogP contribution in [0.3, 0.4) is 0 Å². The molecule has 0 aliphatic carbocycles. The fourth-order valence-electron chi connectivity index (χ4n) is 0.657. The van der Waals surface area contributed by atoms with Crippen molar-refractivity contribution in [3.05, 3.63) is 25.1 Å². The van der Waals surface area contributed by atoms with E-state index in [1.807, 2.05) is 0 Å². The molecule has 1 amide bonds. The van der Waals surface area contributed by atoms with E-state index in [9.17, 15) is 9.18 Å². The minimum Gasteiger partial charge on any atom is -0.322 e. The highest BCUT2D eigenvalue weighted by Gasteiger charge is 2.13. The lowest BCUT2D eigenvalue weighted by Gasteiger charge is -2.16. The Balaban J connectivity index is 4.30. The molecule has 0 saturated heterocycles. The van der Waals surface area contributed by atoms with Gasteiger partial charge >= 0.3 is 0 Å². The van der Waals surface area contributed by atoms with Crippen molar-refractivity contribution in [3.8, 4) is 12.3 Å². The van der Waals surface area contributed by atoms with Crippen LogP contribution in [-0.4, -0.2) is 23.9 Å². The van der Waals surface area contributed by atoms with Crippen LogP contribution in [0.5, 0.6) is 0 Å². The number of halogens is 1. The number of rotatable bonds is 4. The third kappa shape index (κ3) is 3.02. The summed E-state index contributed by atoms with van der Waals surface area (Å²) in [6.45, 7) is 6.58. The second-order valence-corrected chi connectivity index (χ2v) is 2.08. The van der Waals surface area contributed by atoms with Crippen LogP contribution in [0.2, 0.25) is 0 Å². The largest absolute Gasteiger partial charge is 0.322 e. The predicted octanol–water partition coefficient (Wildman–Crippen LogP) is 1.12. The number of amides is 1.